The predicted octanol–water partition coefficient (Wildman–Crippen LogP) is 4.64. The Morgan fingerprint density at radius 1 is 0.968 bits per heavy atom. The number of aromatic nitrogens is 1. The van der Waals surface area contributed by atoms with Crippen LogP contribution in [0.25, 0.3) is 22.6 Å². The second-order valence-electron chi connectivity index (χ2n) is 6.57. The van der Waals surface area contributed by atoms with Crippen LogP contribution in [0.3, 0.4) is 0 Å². The molecule has 7 nitrogen and oxygen atoms in total. The van der Waals surface area contributed by atoms with E-state index in [1.54, 1.807) is 56.7 Å². The maximum Gasteiger partial charge on any atom is 0.257 e. The molecule has 156 valence electrons. The molecule has 0 aliphatic rings. The maximum atomic E-state index is 12.4. The quantitative estimate of drug-likeness (QED) is 0.444. The van der Waals surface area contributed by atoms with Gasteiger partial charge in [-0.05, 0) is 72.9 Å². The van der Waals surface area contributed by atoms with Gasteiger partial charge in [0.1, 0.15) is 17.0 Å². The second kappa shape index (κ2) is 8.85. The molecule has 0 saturated carbocycles. The van der Waals surface area contributed by atoms with Crippen LogP contribution in [0.2, 0.25) is 0 Å². The smallest absolute Gasteiger partial charge is 0.257 e. The van der Waals surface area contributed by atoms with Crippen LogP contribution in [0, 0.1) is 0 Å². The fourth-order valence-electron chi connectivity index (χ4n) is 2.96. The Bertz CT molecular complexity index is 1250. The van der Waals surface area contributed by atoms with E-state index in [4.69, 9.17) is 26.1 Å². The largest absolute Gasteiger partial charge is 0.497 e. The first-order valence-corrected chi connectivity index (χ1v) is 9.78. The fourth-order valence-corrected chi connectivity index (χ4v) is 3.18. The Balaban J connectivity index is 1.46. The zero-order chi connectivity index (χ0) is 21.8. The molecule has 0 radical (unpaired) electrons. The van der Waals surface area contributed by atoms with Crippen molar-refractivity contribution in [2.24, 2.45) is 0 Å². The lowest BCUT2D eigenvalue weighted by molar-refractivity contribution is 0.0977. The highest BCUT2D eigenvalue weighted by Crippen LogP contribution is 2.28. The molecule has 1 amide bonds. The molecule has 0 saturated heterocycles. The molecular formula is C23H19N3O4S. The van der Waals surface area contributed by atoms with E-state index < -0.39 is 0 Å². The highest BCUT2D eigenvalue weighted by Gasteiger charge is 2.12. The standard InChI is InChI=1S/C23H19N3O4S/c1-28-17-9-6-14(7-10-17)21(27)26-23(31)24-16-8-11-20-19(13-16)25-22(30-20)15-4-3-5-18(12-15)29-2/h3-13H,1-2H3,(H2,24,26,27,31). The number of amides is 1. The molecule has 1 aromatic heterocycles. The average molecular weight is 433 g/mol. The summed E-state index contributed by atoms with van der Waals surface area (Å²) in [5.74, 6) is 1.57. The molecule has 8 heteroatoms. The van der Waals surface area contributed by atoms with Crippen LogP contribution in [-0.2, 0) is 0 Å². The second-order valence-corrected chi connectivity index (χ2v) is 6.98. The summed E-state index contributed by atoms with van der Waals surface area (Å²) in [5.41, 5.74) is 3.26. The number of hydrogen-bond donors (Lipinski definition) is 2. The van der Waals surface area contributed by atoms with Gasteiger partial charge in [0.15, 0.2) is 10.7 Å². The number of thiocarbonyl (C=S) groups is 1. The molecule has 0 fully saturated rings. The minimum atomic E-state index is -0.317. The van der Waals surface area contributed by atoms with Crippen molar-refractivity contribution >= 4 is 40.0 Å². The third kappa shape index (κ3) is 4.65. The van der Waals surface area contributed by atoms with Crippen molar-refractivity contribution in [3.63, 3.8) is 0 Å². The van der Waals surface area contributed by atoms with Gasteiger partial charge in [0.2, 0.25) is 5.89 Å². The summed E-state index contributed by atoms with van der Waals surface area (Å²) >= 11 is 5.27. The van der Waals surface area contributed by atoms with Gasteiger partial charge in [0.05, 0.1) is 14.2 Å². The normalized spacial score (nSPS) is 10.5. The number of methoxy groups -OCH3 is 2. The highest BCUT2D eigenvalue weighted by atomic mass is 32.1. The Kier molecular flexibility index (Phi) is 5.81. The third-order valence-electron chi connectivity index (χ3n) is 4.54. The molecule has 0 bridgehead atoms. The summed E-state index contributed by atoms with van der Waals surface area (Å²) in [7, 11) is 3.18. The maximum absolute atomic E-state index is 12.4. The number of rotatable bonds is 5. The molecule has 4 aromatic rings. The van der Waals surface area contributed by atoms with Gasteiger partial charge in [0, 0.05) is 16.8 Å². The minimum absolute atomic E-state index is 0.177. The zero-order valence-electron chi connectivity index (χ0n) is 16.8. The van der Waals surface area contributed by atoms with E-state index in [0.29, 0.717) is 34.0 Å². The van der Waals surface area contributed by atoms with Gasteiger partial charge in [-0.3, -0.25) is 10.1 Å². The van der Waals surface area contributed by atoms with Crippen molar-refractivity contribution in [2.75, 3.05) is 19.5 Å². The topological polar surface area (TPSA) is 85.6 Å². The van der Waals surface area contributed by atoms with E-state index in [1.165, 1.54) is 0 Å². The van der Waals surface area contributed by atoms with Crippen LogP contribution in [-0.4, -0.2) is 30.2 Å². The van der Waals surface area contributed by atoms with Crippen molar-refractivity contribution < 1.29 is 18.7 Å². The van der Waals surface area contributed by atoms with E-state index >= 15 is 0 Å². The van der Waals surface area contributed by atoms with E-state index in [-0.39, 0.29) is 11.0 Å². The molecule has 3 aromatic carbocycles. The van der Waals surface area contributed by atoms with Gasteiger partial charge >= 0.3 is 0 Å². The Morgan fingerprint density at radius 3 is 2.48 bits per heavy atom. The number of oxazole rings is 1. The fraction of sp³-hybridized carbons (Fsp3) is 0.0870. The molecule has 0 atom stereocenters. The lowest BCUT2D eigenvalue weighted by Crippen LogP contribution is -2.34. The van der Waals surface area contributed by atoms with Gasteiger partial charge < -0.3 is 19.2 Å². The molecular weight excluding hydrogens is 414 g/mol. The lowest BCUT2D eigenvalue weighted by Gasteiger charge is -2.09. The van der Waals surface area contributed by atoms with E-state index in [1.807, 2.05) is 24.3 Å². The summed E-state index contributed by atoms with van der Waals surface area (Å²) in [6.07, 6.45) is 0. The Hall–Kier alpha value is -3.91. The summed E-state index contributed by atoms with van der Waals surface area (Å²) in [6.45, 7) is 0. The SMILES string of the molecule is COc1ccc(C(=O)NC(=S)Nc2ccc3oc(-c4cccc(OC)c4)nc3c2)cc1. The number of benzene rings is 3. The summed E-state index contributed by atoms with van der Waals surface area (Å²) < 4.78 is 16.2. The van der Waals surface area contributed by atoms with Crippen LogP contribution in [0.4, 0.5) is 5.69 Å². The number of hydrogen-bond acceptors (Lipinski definition) is 6. The van der Waals surface area contributed by atoms with Crippen molar-refractivity contribution in [1.82, 2.24) is 10.3 Å². The Labute approximate surface area is 184 Å². The number of anilines is 1. The molecule has 1 heterocycles. The highest BCUT2D eigenvalue weighted by molar-refractivity contribution is 7.80. The predicted molar refractivity (Wildman–Crippen MR) is 123 cm³/mol. The first kappa shape index (κ1) is 20.4. The van der Waals surface area contributed by atoms with Crippen molar-refractivity contribution in [1.29, 1.82) is 0 Å². The molecule has 0 aliphatic heterocycles. The van der Waals surface area contributed by atoms with Crippen molar-refractivity contribution in [3.05, 3.63) is 72.3 Å². The van der Waals surface area contributed by atoms with E-state index in [2.05, 4.69) is 15.6 Å². The summed E-state index contributed by atoms with van der Waals surface area (Å²) in [5, 5.41) is 5.83. The van der Waals surface area contributed by atoms with Gasteiger partial charge in [-0.2, -0.15) is 0 Å². The monoisotopic (exact) mass is 433 g/mol. The van der Waals surface area contributed by atoms with Crippen LogP contribution in [0.15, 0.2) is 71.1 Å². The molecule has 31 heavy (non-hydrogen) atoms. The number of carbonyl (C=O) groups excluding carboxylic acids is 1. The number of fused-ring (bicyclic) bond motifs is 1. The number of carbonyl (C=O) groups is 1. The lowest BCUT2D eigenvalue weighted by atomic mass is 10.2. The van der Waals surface area contributed by atoms with Crippen LogP contribution < -0.4 is 20.1 Å². The average Bonchev–Trinajstić information content (AvgIpc) is 3.22. The molecule has 0 aliphatic carbocycles. The first-order valence-electron chi connectivity index (χ1n) is 9.37. The van der Waals surface area contributed by atoms with Gasteiger partial charge in [-0.1, -0.05) is 6.07 Å². The van der Waals surface area contributed by atoms with Crippen molar-refractivity contribution in [3.8, 4) is 23.0 Å². The van der Waals surface area contributed by atoms with Gasteiger partial charge in [-0.15, -0.1) is 0 Å². The molecule has 4 rings (SSSR count). The zero-order valence-corrected chi connectivity index (χ0v) is 17.7. The number of nitrogens with one attached hydrogen (secondary N) is 2. The van der Waals surface area contributed by atoms with Gasteiger partial charge in [0.25, 0.3) is 5.91 Å². The number of nitrogens with zero attached hydrogens (tertiary/aromatic N) is 1. The summed E-state index contributed by atoms with van der Waals surface area (Å²) in [4.78, 5) is 16.9. The van der Waals surface area contributed by atoms with Gasteiger partial charge in [-0.25, -0.2) is 4.98 Å². The number of ether oxygens (including phenoxy) is 2. The molecule has 2 N–H and O–H groups in total. The van der Waals surface area contributed by atoms with Crippen LogP contribution in [0.5, 0.6) is 11.5 Å². The summed E-state index contributed by atoms with van der Waals surface area (Å²) in [6, 6.07) is 19.6. The van der Waals surface area contributed by atoms with Crippen molar-refractivity contribution in [2.45, 2.75) is 0 Å². The third-order valence-corrected chi connectivity index (χ3v) is 4.75. The van der Waals surface area contributed by atoms with Crippen LogP contribution >= 0.6 is 12.2 Å². The Morgan fingerprint density at radius 2 is 1.74 bits per heavy atom. The van der Waals surface area contributed by atoms with E-state index in [0.717, 1.165) is 11.3 Å². The minimum Gasteiger partial charge on any atom is -0.497 e. The first-order chi connectivity index (χ1) is 15.1. The van der Waals surface area contributed by atoms with Crippen LogP contribution in [0.1, 0.15) is 10.4 Å². The molecule has 0 spiro atoms. The molecule has 0 unspecified atom stereocenters. The van der Waals surface area contributed by atoms with E-state index in [9.17, 15) is 4.79 Å².